The summed E-state index contributed by atoms with van der Waals surface area (Å²) in [5.74, 6) is 0. The van der Waals surface area contributed by atoms with Gasteiger partial charge in [-0.15, -0.1) is 11.3 Å². The summed E-state index contributed by atoms with van der Waals surface area (Å²) in [6.45, 7) is 0. The minimum Gasteiger partial charge on any atom is -0.143 e. The monoisotopic (exact) mass is 403 g/mol. The number of halogens is 2. The van der Waals surface area contributed by atoms with E-state index < -0.39 is 0 Å². The lowest BCUT2D eigenvalue weighted by molar-refractivity contribution is -0.591. The maximum atomic E-state index is 6.02. The van der Waals surface area contributed by atoms with Crippen molar-refractivity contribution in [3.05, 3.63) is 65.4 Å². The molecule has 0 aliphatic carbocycles. The van der Waals surface area contributed by atoms with Crippen LogP contribution in [-0.2, 0) is 0 Å². The van der Waals surface area contributed by atoms with Crippen molar-refractivity contribution in [3.8, 4) is 9.75 Å². The molecule has 0 fully saturated rings. The highest BCUT2D eigenvalue weighted by atomic mass is 127. The average Bonchev–Trinajstić information content (AvgIpc) is 2.98. The first kappa shape index (κ1) is 12.7. The van der Waals surface area contributed by atoms with Crippen LogP contribution >= 0.6 is 34.3 Å². The minimum atomic E-state index is -0.106. The van der Waals surface area contributed by atoms with Crippen LogP contribution in [0.2, 0.25) is 5.02 Å². The molecule has 2 aromatic heterocycles. The van der Waals surface area contributed by atoms with Crippen molar-refractivity contribution in [1.82, 2.24) is 0 Å². The predicted octanol–water partition coefficient (Wildman–Crippen LogP) is 2.26. The Kier molecular flexibility index (Phi) is 4.03. The van der Waals surface area contributed by atoms with Crippen molar-refractivity contribution < 1.29 is 21.2 Å². The molecule has 0 saturated heterocycles. The third-order valence-corrected chi connectivity index (χ3v) is 7.86. The third-order valence-electron chi connectivity index (χ3n) is 2.33. The average molecular weight is 404 g/mol. The van der Waals surface area contributed by atoms with E-state index in [0.29, 0.717) is 0 Å². The lowest BCUT2D eigenvalue weighted by atomic mass is 10.4. The normalized spacial score (nSPS) is 10.7. The quantitative estimate of drug-likeness (QED) is 0.589. The molecule has 1 aromatic carbocycles. The van der Waals surface area contributed by atoms with Crippen LogP contribution in [0, 0.1) is 6.45 Å². The van der Waals surface area contributed by atoms with Gasteiger partial charge in [-0.1, -0.05) is 35.1 Å². The maximum Gasteiger partial charge on any atom is 0.369 e. The van der Waals surface area contributed by atoms with Gasteiger partial charge in [-0.25, -0.2) is 0 Å². The molecule has 2 heterocycles. The molecule has 3 aromatic rings. The van der Waals surface area contributed by atoms with Crippen molar-refractivity contribution in [2.75, 3.05) is 0 Å². The molecule has 3 rings (SSSR count). The zero-order valence-electron chi connectivity index (χ0n) is 9.27. The van der Waals surface area contributed by atoms with Crippen molar-refractivity contribution in [3.63, 3.8) is 0 Å². The molecule has 0 bridgehead atoms. The van der Waals surface area contributed by atoms with Gasteiger partial charge in [0.1, 0.15) is 0 Å². The first-order chi connectivity index (χ1) is 8.81. The second-order valence-corrected chi connectivity index (χ2v) is 9.76. The van der Waals surface area contributed by atoms with Gasteiger partial charge in [0.2, 0.25) is 2.88 Å². The van der Waals surface area contributed by atoms with Crippen molar-refractivity contribution in [1.29, 1.82) is 0 Å². The Hall–Kier alpha value is -0.360. The largest absolute Gasteiger partial charge is 0.369 e. The van der Waals surface area contributed by atoms with Crippen LogP contribution in [-0.4, -0.2) is 0 Å². The van der Waals surface area contributed by atoms with Crippen LogP contribution in [0.3, 0.4) is 0 Å². The fourth-order valence-electron chi connectivity index (χ4n) is 1.54. The second-order valence-electron chi connectivity index (χ2n) is 3.62. The molecule has 0 saturated carbocycles. The summed E-state index contributed by atoms with van der Waals surface area (Å²) in [4.78, 5) is 2.74. The molecule has 0 atom stereocenters. The maximum absolute atomic E-state index is 6.02. The van der Waals surface area contributed by atoms with E-state index in [0.717, 1.165) is 5.02 Å². The zero-order valence-corrected chi connectivity index (χ0v) is 13.8. The summed E-state index contributed by atoms with van der Waals surface area (Å²) in [5.41, 5.74) is 0. The predicted molar refractivity (Wildman–Crippen MR) is 76.5 cm³/mol. The molecule has 0 aliphatic rings. The topological polar surface area (TPSA) is 0 Å². The van der Waals surface area contributed by atoms with Gasteiger partial charge in [-0.3, -0.25) is 0 Å². The summed E-state index contributed by atoms with van der Waals surface area (Å²) in [6.07, 6.45) is 0. The van der Waals surface area contributed by atoms with E-state index in [1.165, 1.54) is 16.2 Å². The van der Waals surface area contributed by atoms with Gasteiger partial charge >= 0.3 is 21.2 Å². The van der Waals surface area contributed by atoms with E-state index in [9.17, 15) is 0 Å². The van der Waals surface area contributed by atoms with Crippen molar-refractivity contribution in [2.45, 2.75) is 0 Å². The number of thiophene rings is 2. The van der Waals surface area contributed by atoms with Gasteiger partial charge in [0, 0.05) is 26.9 Å². The molecular formula is C14H9ClIS2+. The highest BCUT2D eigenvalue weighted by Gasteiger charge is 2.19. The van der Waals surface area contributed by atoms with E-state index in [-0.39, 0.29) is 21.2 Å². The Morgan fingerprint density at radius 2 is 1.89 bits per heavy atom. The smallest absolute Gasteiger partial charge is 0.143 e. The number of rotatable bonds is 3. The van der Waals surface area contributed by atoms with E-state index in [1.54, 1.807) is 11.3 Å². The van der Waals surface area contributed by atoms with Crippen LogP contribution < -0.4 is 21.2 Å². The number of hydrogen-bond donors (Lipinski definition) is 0. The number of benzene rings is 1. The van der Waals surface area contributed by atoms with Crippen LogP contribution in [0.4, 0.5) is 0 Å². The van der Waals surface area contributed by atoms with Gasteiger partial charge in [-0.05, 0) is 29.6 Å². The van der Waals surface area contributed by atoms with E-state index in [2.05, 4.69) is 41.8 Å². The Morgan fingerprint density at radius 1 is 0.944 bits per heavy atom. The highest BCUT2D eigenvalue weighted by molar-refractivity contribution is 7.20. The van der Waals surface area contributed by atoms with Gasteiger partial charge in [0.05, 0.1) is 0 Å². The molecule has 0 N–H and O–H groups in total. The molecule has 18 heavy (non-hydrogen) atoms. The zero-order chi connectivity index (χ0) is 12.4. The fraction of sp³-hybridized carbons (Fsp3) is 0. The van der Waals surface area contributed by atoms with Gasteiger partial charge in [0.15, 0.2) is 3.57 Å². The van der Waals surface area contributed by atoms with Gasteiger partial charge in [0.25, 0.3) is 0 Å². The van der Waals surface area contributed by atoms with E-state index in [1.807, 2.05) is 23.5 Å². The molecule has 0 unspecified atom stereocenters. The number of hydrogen-bond acceptors (Lipinski definition) is 2. The summed E-state index contributed by atoms with van der Waals surface area (Å²) >= 11 is 9.62. The van der Waals surface area contributed by atoms with Gasteiger partial charge < -0.3 is 0 Å². The highest BCUT2D eigenvalue weighted by Crippen LogP contribution is 2.28. The van der Waals surface area contributed by atoms with E-state index >= 15 is 0 Å². The van der Waals surface area contributed by atoms with Crippen LogP contribution in [0.5, 0.6) is 0 Å². The molecule has 0 spiro atoms. The lowest BCUT2D eigenvalue weighted by Crippen LogP contribution is -3.61. The van der Waals surface area contributed by atoms with Crippen molar-refractivity contribution >= 4 is 34.3 Å². The SMILES string of the molecule is Clc1cccc([I+]c2ccc(-c3cccs3)s2)c1. The lowest BCUT2D eigenvalue weighted by Gasteiger charge is -1.87. The summed E-state index contributed by atoms with van der Waals surface area (Å²) in [6, 6.07) is 17.0. The first-order valence-corrected chi connectivity index (χ1v) is 9.58. The Balaban J connectivity index is 1.82. The summed E-state index contributed by atoms with van der Waals surface area (Å²) < 4.78 is 2.86. The fourth-order valence-corrected chi connectivity index (χ4v) is 7.01. The summed E-state index contributed by atoms with van der Waals surface area (Å²) in [7, 11) is 0. The molecule has 90 valence electrons. The molecule has 0 amide bonds. The molecule has 0 nitrogen and oxygen atoms in total. The van der Waals surface area contributed by atoms with E-state index in [4.69, 9.17) is 11.6 Å². The molecule has 0 aliphatic heterocycles. The molecular weight excluding hydrogens is 395 g/mol. The molecule has 4 heteroatoms. The minimum absolute atomic E-state index is 0.106. The Morgan fingerprint density at radius 3 is 2.67 bits per heavy atom. The van der Waals surface area contributed by atoms with Crippen LogP contribution in [0.25, 0.3) is 9.75 Å². The van der Waals surface area contributed by atoms with Crippen LogP contribution in [0.1, 0.15) is 0 Å². The second kappa shape index (κ2) is 5.74. The van der Waals surface area contributed by atoms with Crippen molar-refractivity contribution in [2.24, 2.45) is 0 Å². The first-order valence-electron chi connectivity index (χ1n) is 5.35. The van der Waals surface area contributed by atoms with Crippen LogP contribution in [0.15, 0.2) is 53.9 Å². The Bertz CT molecular complexity index is 643. The third kappa shape index (κ3) is 2.96. The Labute approximate surface area is 130 Å². The summed E-state index contributed by atoms with van der Waals surface area (Å²) in [5, 5.41) is 2.96. The molecule has 0 radical (unpaired) electrons. The van der Waals surface area contributed by atoms with Gasteiger partial charge in [-0.2, -0.15) is 0 Å². The standard InChI is InChI=1S/C14H9ClIS2/c15-10-3-1-4-11(9-10)16-14-7-6-13(18-14)12-5-2-8-17-12/h1-9H/q+1.